The number of H-pyrrole nitrogens is 1. The highest BCUT2D eigenvalue weighted by atomic mass is 16.5. The maximum Gasteiger partial charge on any atom is 0.278 e. The molecule has 1 atom stereocenters. The summed E-state index contributed by atoms with van der Waals surface area (Å²) in [5, 5.41) is 3.09. The molecule has 1 fully saturated rings. The maximum atomic E-state index is 12.5. The van der Waals surface area contributed by atoms with Gasteiger partial charge in [0.1, 0.15) is 31.9 Å². The van der Waals surface area contributed by atoms with Gasteiger partial charge in [0.15, 0.2) is 6.04 Å². The van der Waals surface area contributed by atoms with Crippen LogP contribution in [0.5, 0.6) is 5.75 Å². The number of hydrogen-bond donors (Lipinski definition) is 2. The van der Waals surface area contributed by atoms with E-state index in [1.807, 2.05) is 49.5 Å². The second-order valence-corrected chi connectivity index (χ2v) is 7.00. The number of ether oxygens (including phenoxy) is 1. The van der Waals surface area contributed by atoms with Crippen LogP contribution in [0.25, 0.3) is 0 Å². The minimum atomic E-state index is -0.0252. The van der Waals surface area contributed by atoms with Gasteiger partial charge in [0.25, 0.3) is 11.7 Å². The highest BCUT2D eigenvalue weighted by Gasteiger charge is 2.32. The minimum absolute atomic E-state index is 0.0252. The van der Waals surface area contributed by atoms with Crippen molar-refractivity contribution in [3.05, 3.63) is 54.2 Å². The van der Waals surface area contributed by atoms with E-state index in [2.05, 4.69) is 21.3 Å². The van der Waals surface area contributed by atoms with Crippen LogP contribution >= 0.6 is 0 Å². The monoisotopic (exact) mass is 370 g/mol. The number of amides is 1. The van der Waals surface area contributed by atoms with Crippen molar-refractivity contribution in [2.75, 3.05) is 44.7 Å². The number of rotatable bonds is 7. The third kappa shape index (κ3) is 5.20. The number of piperazine rings is 1. The molecule has 6 heteroatoms. The lowest BCUT2D eigenvalue weighted by molar-refractivity contribution is -0.914. The zero-order valence-electron chi connectivity index (χ0n) is 16.2. The Hall–Kier alpha value is -2.60. The lowest BCUT2D eigenvalue weighted by Crippen LogP contribution is -3.19. The number of aromatic nitrogens is 1. The third-order valence-corrected chi connectivity index (χ3v) is 5.32. The molecule has 0 aliphatic carbocycles. The SMILES string of the molecule is COc1ccc(CCNC(=O)[C@H](C)[NH+]2CCN(c3cccc[nH+]3)CC2)cc1. The first kappa shape index (κ1) is 19.2. The first-order chi connectivity index (χ1) is 13.2. The molecule has 1 aromatic heterocycles. The van der Waals surface area contributed by atoms with Gasteiger partial charge >= 0.3 is 0 Å². The molecule has 0 unspecified atom stereocenters. The summed E-state index contributed by atoms with van der Waals surface area (Å²) in [5.74, 6) is 2.14. The Bertz CT molecular complexity index is 713. The molecule has 1 aliphatic rings. The highest BCUT2D eigenvalue weighted by molar-refractivity contribution is 5.79. The average Bonchev–Trinajstić information content (AvgIpc) is 2.74. The number of anilines is 1. The Morgan fingerprint density at radius 1 is 1.22 bits per heavy atom. The van der Waals surface area contributed by atoms with E-state index in [0.717, 1.165) is 44.2 Å². The molecule has 144 valence electrons. The van der Waals surface area contributed by atoms with Crippen LogP contribution < -0.4 is 24.8 Å². The molecule has 0 spiro atoms. The smallest absolute Gasteiger partial charge is 0.278 e. The topological polar surface area (TPSA) is 60.1 Å². The quantitative estimate of drug-likeness (QED) is 0.719. The summed E-state index contributed by atoms with van der Waals surface area (Å²) in [7, 11) is 1.66. The van der Waals surface area contributed by atoms with Crippen molar-refractivity contribution in [3.8, 4) is 5.75 Å². The Morgan fingerprint density at radius 3 is 2.59 bits per heavy atom. The van der Waals surface area contributed by atoms with Crippen LogP contribution in [0.15, 0.2) is 48.7 Å². The molecule has 3 N–H and O–H groups in total. The Kier molecular flexibility index (Phi) is 6.65. The minimum Gasteiger partial charge on any atom is -0.497 e. The molecule has 1 amide bonds. The second kappa shape index (κ2) is 9.37. The van der Waals surface area contributed by atoms with Crippen LogP contribution in [0.1, 0.15) is 12.5 Å². The Labute approximate surface area is 161 Å². The van der Waals surface area contributed by atoms with Gasteiger partial charge in [0.2, 0.25) is 0 Å². The van der Waals surface area contributed by atoms with E-state index in [1.165, 1.54) is 10.5 Å². The van der Waals surface area contributed by atoms with Gasteiger partial charge in [0, 0.05) is 12.6 Å². The van der Waals surface area contributed by atoms with Gasteiger partial charge in [-0.3, -0.25) is 9.69 Å². The zero-order chi connectivity index (χ0) is 19.1. The summed E-state index contributed by atoms with van der Waals surface area (Å²) >= 11 is 0. The molecule has 1 aliphatic heterocycles. The van der Waals surface area contributed by atoms with Crippen molar-refractivity contribution in [1.82, 2.24) is 5.32 Å². The fourth-order valence-electron chi connectivity index (χ4n) is 3.51. The van der Waals surface area contributed by atoms with Crippen molar-refractivity contribution in [2.24, 2.45) is 0 Å². The fraction of sp³-hybridized carbons (Fsp3) is 0.429. The van der Waals surface area contributed by atoms with E-state index in [0.29, 0.717) is 6.54 Å². The maximum absolute atomic E-state index is 12.5. The normalized spacial score (nSPS) is 16.0. The molecule has 0 radical (unpaired) electrons. The van der Waals surface area contributed by atoms with Gasteiger partial charge in [-0.15, -0.1) is 0 Å². The number of methoxy groups -OCH3 is 1. The largest absolute Gasteiger partial charge is 0.497 e. The lowest BCUT2D eigenvalue weighted by Gasteiger charge is -2.31. The van der Waals surface area contributed by atoms with Crippen LogP contribution in [0.2, 0.25) is 0 Å². The molecule has 0 saturated carbocycles. The average molecular weight is 370 g/mol. The predicted octanol–water partition coefficient (Wildman–Crippen LogP) is -0.0384. The molecule has 3 rings (SSSR count). The summed E-state index contributed by atoms with van der Waals surface area (Å²) in [6, 6.07) is 14.1. The number of carbonyl (C=O) groups excluding carboxylic acids is 1. The Morgan fingerprint density at radius 2 is 1.96 bits per heavy atom. The second-order valence-electron chi connectivity index (χ2n) is 7.00. The van der Waals surface area contributed by atoms with Crippen molar-refractivity contribution in [2.45, 2.75) is 19.4 Å². The Balaban J connectivity index is 1.41. The number of carbonyl (C=O) groups is 1. The molecule has 0 bridgehead atoms. The number of pyridine rings is 1. The van der Waals surface area contributed by atoms with Crippen molar-refractivity contribution in [1.29, 1.82) is 0 Å². The molecule has 2 aromatic rings. The van der Waals surface area contributed by atoms with Crippen LogP contribution in [0.3, 0.4) is 0 Å². The highest BCUT2D eigenvalue weighted by Crippen LogP contribution is 2.11. The van der Waals surface area contributed by atoms with Crippen LogP contribution in [-0.2, 0) is 11.2 Å². The molecule has 27 heavy (non-hydrogen) atoms. The van der Waals surface area contributed by atoms with E-state index in [-0.39, 0.29) is 11.9 Å². The summed E-state index contributed by atoms with van der Waals surface area (Å²) in [6.45, 7) is 6.54. The number of quaternary nitrogens is 1. The molecular weight excluding hydrogens is 340 g/mol. The summed E-state index contributed by atoms with van der Waals surface area (Å²) < 4.78 is 5.17. The number of aromatic amines is 1. The van der Waals surface area contributed by atoms with E-state index in [4.69, 9.17) is 4.74 Å². The van der Waals surface area contributed by atoms with Gasteiger partial charge < -0.3 is 15.0 Å². The standard InChI is InChI=1S/C21H28N4O2/c1-17(21(26)23-12-10-18-6-8-19(27-2)9-7-18)24-13-15-25(16-14-24)20-5-3-4-11-22-20/h3-9,11,17H,10,12-16H2,1-2H3,(H,23,26)/p+2/t17-/m0/s1. The fourth-order valence-corrected chi connectivity index (χ4v) is 3.51. The van der Waals surface area contributed by atoms with Crippen LogP contribution in [0.4, 0.5) is 5.82 Å². The van der Waals surface area contributed by atoms with E-state index < -0.39 is 0 Å². The van der Waals surface area contributed by atoms with Gasteiger partial charge in [-0.1, -0.05) is 18.2 Å². The molecule has 2 heterocycles. The number of benzene rings is 1. The summed E-state index contributed by atoms with van der Waals surface area (Å²) in [4.78, 5) is 19.5. The van der Waals surface area contributed by atoms with Crippen molar-refractivity contribution in [3.63, 3.8) is 0 Å². The summed E-state index contributed by atoms with van der Waals surface area (Å²) in [6.07, 6.45) is 2.78. The first-order valence-electron chi connectivity index (χ1n) is 9.64. The predicted molar refractivity (Wildman–Crippen MR) is 105 cm³/mol. The van der Waals surface area contributed by atoms with Gasteiger partial charge in [-0.25, -0.2) is 4.98 Å². The number of nitrogens with zero attached hydrogens (tertiary/aromatic N) is 1. The molecule has 1 saturated heterocycles. The van der Waals surface area contributed by atoms with Crippen molar-refractivity contribution < 1.29 is 19.4 Å². The molecule has 1 aromatic carbocycles. The van der Waals surface area contributed by atoms with Gasteiger partial charge in [0.05, 0.1) is 13.3 Å². The van der Waals surface area contributed by atoms with Gasteiger partial charge in [-0.2, -0.15) is 0 Å². The van der Waals surface area contributed by atoms with E-state index >= 15 is 0 Å². The van der Waals surface area contributed by atoms with E-state index in [9.17, 15) is 4.79 Å². The van der Waals surface area contributed by atoms with Crippen LogP contribution in [-0.4, -0.2) is 51.8 Å². The first-order valence-corrected chi connectivity index (χ1v) is 9.64. The lowest BCUT2D eigenvalue weighted by atomic mass is 10.1. The zero-order valence-corrected chi connectivity index (χ0v) is 16.2. The molecular formula is C21H30N4O2+2. The number of hydrogen-bond acceptors (Lipinski definition) is 3. The van der Waals surface area contributed by atoms with Crippen molar-refractivity contribution >= 4 is 11.7 Å². The number of nitrogens with one attached hydrogen (secondary N) is 3. The van der Waals surface area contributed by atoms with Gasteiger partial charge in [-0.05, 0) is 37.1 Å². The van der Waals surface area contributed by atoms with E-state index in [1.54, 1.807) is 7.11 Å². The molecule has 6 nitrogen and oxygen atoms in total. The third-order valence-electron chi connectivity index (χ3n) is 5.32. The summed E-state index contributed by atoms with van der Waals surface area (Å²) in [5.41, 5.74) is 1.20. The van der Waals surface area contributed by atoms with Crippen LogP contribution in [0, 0.1) is 0 Å².